The second kappa shape index (κ2) is 4.52. The van der Waals surface area contributed by atoms with Crippen molar-refractivity contribution in [3.8, 4) is 0 Å². The number of fused-ring (bicyclic) bond motifs is 1. The summed E-state index contributed by atoms with van der Waals surface area (Å²) in [6.45, 7) is 2.35. The largest absolute Gasteiger partial charge is 0.399 e. The third-order valence-corrected chi connectivity index (χ3v) is 5.19. The van der Waals surface area contributed by atoms with Crippen LogP contribution in [-0.2, 0) is 22.9 Å². The second-order valence-corrected chi connectivity index (χ2v) is 6.59. The van der Waals surface area contributed by atoms with E-state index in [1.807, 2.05) is 13.0 Å². The van der Waals surface area contributed by atoms with Crippen molar-refractivity contribution in [2.75, 3.05) is 16.6 Å². The van der Waals surface area contributed by atoms with Gasteiger partial charge in [0.25, 0.3) is 10.0 Å². The summed E-state index contributed by atoms with van der Waals surface area (Å²) in [7, 11) is -3.58. The number of aromatic amines is 1. The first kappa shape index (κ1) is 13.0. The Bertz CT molecular complexity index is 751. The predicted molar refractivity (Wildman–Crippen MR) is 77.1 cm³/mol. The zero-order chi connectivity index (χ0) is 14.3. The molecule has 7 heteroatoms. The van der Waals surface area contributed by atoms with Gasteiger partial charge in [-0.3, -0.25) is 4.31 Å². The van der Waals surface area contributed by atoms with Gasteiger partial charge in [-0.15, -0.1) is 0 Å². The molecule has 0 aliphatic carbocycles. The van der Waals surface area contributed by atoms with Crippen LogP contribution in [-0.4, -0.2) is 24.9 Å². The fraction of sp³-hybridized carbons (Fsp3) is 0.308. The summed E-state index contributed by atoms with van der Waals surface area (Å²) < 4.78 is 26.7. The molecular formula is C13H16N4O2S. The first-order chi connectivity index (χ1) is 9.52. The average molecular weight is 292 g/mol. The van der Waals surface area contributed by atoms with E-state index in [2.05, 4.69) is 9.97 Å². The number of nitrogen functional groups attached to an aromatic ring is 1. The smallest absolute Gasteiger partial charge is 0.281 e. The summed E-state index contributed by atoms with van der Waals surface area (Å²) in [5, 5.41) is 0.138. The van der Waals surface area contributed by atoms with Crippen molar-refractivity contribution in [3.05, 3.63) is 35.8 Å². The summed E-state index contributed by atoms with van der Waals surface area (Å²) in [4.78, 5) is 6.92. The number of aryl methyl sites for hydroxylation is 1. The zero-order valence-electron chi connectivity index (χ0n) is 11.1. The van der Waals surface area contributed by atoms with Gasteiger partial charge in [-0.2, -0.15) is 8.42 Å². The standard InChI is InChI=1S/C13H16N4O2S/c1-2-12-15-8-13(16-12)20(18,19)17-6-5-9-7-10(14)3-4-11(9)17/h3-4,7-8H,2,5-6,14H2,1H3,(H,15,16). The number of sulfonamides is 1. The molecule has 0 atom stereocenters. The van der Waals surface area contributed by atoms with Crippen LogP contribution in [0.1, 0.15) is 18.3 Å². The van der Waals surface area contributed by atoms with Gasteiger partial charge in [0.15, 0.2) is 5.03 Å². The Morgan fingerprint density at radius 1 is 1.45 bits per heavy atom. The molecule has 0 amide bonds. The lowest BCUT2D eigenvalue weighted by Crippen LogP contribution is -2.29. The topological polar surface area (TPSA) is 92.1 Å². The van der Waals surface area contributed by atoms with Crippen molar-refractivity contribution in [1.29, 1.82) is 0 Å². The molecule has 3 N–H and O–H groups in total. The van der Waals surface area contributed by atoms with E-state index in [9.17, 15) is 8.42 Å². The molecule has 1 aromatic heterocycles. The maximum Gasteiger partial charge on any atom is 0.281 e. The van der Waals surface area contributed by atoms with Gasteiger partial charge in [-0.1, -0.05) is 6.92 Å². The Morgan fingerprint density at radius 2 is 2.25 bits per heavy atom. The normalized spacial score (nSPS) is 14.6. The van der Waals surface area contributed by atoms with Crippen molar-refractivity contribution >= 4 is 21.4 Å². The van der Waals surface area contributed by atoms with E-state index in [1.165, 1.54) is 10.5 Å². The molecular weight excluding hydrogens is 276 g/mol. The van der Waals surface area contributed by atoms with Gasteiger partial charge >= 0.3 is 0 Å². The average Bonchev–Trinajstić information content (AvgIpc) is 3.04. The Kier molecular flexibility index (Phi) is 2.93. The van der Waals surface area contributed by atoms with E-state index in [1.54, 1.807) is 12.1 Å². The van der Waals surface area contributed by atoms with Crippen LogP contribution >= 0.6 is 0 Å². The lowest BCUT2D eigenvalue weighted by atomic mass is 10.1. The molecule has 0 unspecified atom stereocenters. The highest BCUT2D eigenvalue weighted by atomic mass is 32.2. The monoisotopic (exact) mass is 292 g/mol. The number of hydrogen-bond acceptors (Lipinski definition) is 4. The maximum absolute atomic E-state index is 12.6. The molecule has 0 fully saturated rings. The SMILES string of the molecule is CCc1ncc(S(=O)(=O)N2CCc3cc(N)ccc32)[nH]1. The molecule has 20 heavy (non-hydrogen) atoms. The van der Waals surface area contributed by atoms with Gasteiger partial charge in [0, 0.05) is 18.7 Å². The van der Waals surface area contributed by atoms with Gasteiger partial charge in [0.05, 0.1) is 11.9 Å². The second-order valence-electron chi connectivity index (χ2n) is 4.76. The van der Waals surface area contributed by atoms with Crippen LogP contribution in [0.3, 0.4) is 0 Å². The lowest BCUT2D eigenvalue weighted by molar-refractivity contribution is 0.589. The van der Waals surface area contributed by atoms with Crippen molar-refractivity contribution in [1.82, 2.24) is 9.97 Å². The first-order valence-corrected chi connectivity index (χ1v) is 7.91. The van der Waals surface area contributed by atoms with Gasteiger partial charge in [0.1, 0.15) is 5.82 Å². The quantitative estimate of drug-likeness (QED) is 0.834. The molecule has 2 heterocycles. The van der Waals surface area contributed by atoms with Crippen LogP contribution in [0.5, 0.6) is 0 Å². The van der Waals surface area contributed by atoms with Crippen LogP contribution in [0, 0.1) is 0 Å². The minimum atomic E-state index is -3.58. The summed E-state index contributed by atoms with van der Waals surface area (Å²) in [5.74, 6) is 0.667. The number of anilines is 2. The first-order valence-electron chi connectivity index (χ1n) is 6.47. The Morgan fingerprint density at radius 3 is 2.95 bits per heavy atom. The highest BCUT2D eigenvalue weighted by Gasteiger charge is 2.32. The van der Waals surface area contributed by atoms with E-state index < -0.39 is 10.0 Å². The summed E-state index contributed by atoms with van der Waals surface area (Å²) in [6, 6.07) is 5.30. The molecule has 0 spiro atoms. The molecule has 6 nitrogen and oxygen atoms in total. The molecule has 0 saturated carbocycles. The summed E-state index contributed by atoms with van der Waals surface area (Å²) >= 11 is 0. The number of rotatable bonds is 3. The molecule has 0 saturated heterocycles. The van der Waals surface area contributed by atoms with Crippen LogP contribution in [0.2, 0.25) is 0 Å². The zero-order valence-corrected chi connectivity index (χ0v) is 11.9. The number of nitrogens with two attached hydrogens (primary N) is 1. The summed E-state index contributed by atoms with van der Waals surface area (Å²) in [5.41, 5.74) is 8.05. The Hall–Kier alpha value is -2.02. The number of nitrogens with zero attached hydrogens (tertiary/aromatic N) is 2. The lowest BCUT2D eigenvalue weighted by Gasteiger charge is -2.18. The van der Waals surface area contributed by atoms with Crippen LogP contribution < -0.4 is 10.0 Å². The number of nitrogens with one attached hydrogen (secondary N) is 1. The summed E-state index contributed by atoms with van der Waals surface area (Å²) in [6.07, 6.45) is 2.72. The minimum Gasteiger partial charge on any atom is -0.399 e. The maximum atomic E-state index is 12.6. The van der Waals surface area contributed by atoms with Crippen LogP contribution in [0.25, 0.3) is 0 Å². The van der Waals surface area contributed by atoms with E-state index in [0.717, 1.165) is 5.56 Å². The van der Waals surface area contributed by atoms with Crippen molar-refractivity contribution in [2.24, 2.45) is 0 Å². The van der Waals surface area contributed by atoms with Crippen LogP contribution in [0.15, 0.2) is 29.4 Å². The number of H-pyrrole nitrogens is 1. The van der Waals surface area contributed by atoms with Gasteiger partial charge in [-0.25, -0.2) is 4.98 Å². The van der Waals surface area contributed by atoms with Crippen molar-refractivity contribution < 1.29 is 8.42 Å². The molecule has 1 aromatic carbocycles. The number of imidazole rings is 1. The molecule has 1 aliphatic rings. The molecule has 106 valence electrons. The highest BCUT2D eigenvalue weighted by Crippen LogP contribution is 2.33. The third-order valence-electron chi connectivity index (χ3n) is 3.46. The van der Waals surface area contributed by atoms with Gasteiger partial charge in [-0.05, 0) is 30.2 Å². The van der Waals surface area contributed by atoms with Crippen molar-refractivity contribution in [2.45, 2.75) is 24.8 Å². The van der Waals surface area contributed by atoms with Gasteiger partial charge in [0.2, 0.25) is 0 Å². The van der Waals surface area contributed by atoms with E-state index in [-0.39, 0.29) is 5.03 Å². The molecule has 0 bridgehead atoms. The Labute approximate surface area is 117 Å². The molecule has 2 aromatic rings. The minimum absolute atomic E-state index is 0.138. The van der Waals surface area contributed by atoms with E-state index in [0.29, 0.717) is 36.6 Å². The Balaban J connectivity index is 2.02. The van der Waals surface area contributed by atoms with Crippen molar-refractivity contribution in [3.63, 3.8) is 0 Å². The fourth-order valence-electron chi connectivity index (χ4n) is 2.41. The number of hydrogen-bond donors (Lipinski definition) is 2. The molecule has 0 radical (unpaired) electrons. The third kappa shape index (κ3) is 1.94. The van der Waals surface area contributed by atoms with Crippen LogP contribution in [0.4, 0.5) is 11.4 Å². The highest BCUT2D eigenvalue weighted by molar-refractivity contribution is 7.92. The molecule has 1 aliphatic heterocycles. The number of benzene rings is 1. The predicted octanol–water partition coefficient (Wildman–Crippen LogP) is 1.31. The fourth-order valence-corrected chi connectivity index (χ4v) is 3.85. The van der Waals surface area contributed by atoms with E-state index >= 15 is 0 Å². The number of aromatic nitrogens is 2. The van der Waals surface area contributed by atoms with Gasteiger partial charge < -0.3 is 10.7 Å². The molecule has 3 rings (SSSR count). The van der Waals surface area contributed by atoms with E-state index in [4.69, 9.17) is 5.73 Å².